The molecule has 2 nitrogen and oxygen atoms in total. The van der Waals surface area contributed by atoms with E-state index in [-0.39, 0.29) is 23.4 Å². The Morgan fingerprint density at radius 1 is 0.857 bits per heavy atom. The molecule has 1 aliphatic rings. The lowest BCUT2D eigenvalue weighted by Crippen LogP contribution is -2.56. The van der Waals surface area contributed by atoms with Crippen molar-refractivity contribution in [1.29, 1.82) is 0 Å². The van der Waals surface area contributed by atoms with Crippen molar-refractivity contribution in [1.82, 2.24) is 4.90 Å². The van der Waals surface area contributed by atoms with E-state index >= 15 is 0 Å². The van der Waals surface area contributed by atoms with Gasteiger partial charge in [-0.3, -0.25) is 4.79 Å². The first-order chi connectivity index (χ1) is 9.67. The van der Waals surface area contributed by atoms with Gasteiger partial charge in [-0.2, -0.15) is 0 Å². The van der Waals surface area contributed by atoms with Crippen LogP contribution in [-0.4, -0.2) is 22.9 Å². The van der Waals surface area contributed by atoms with Crippen molar-refractivity contribution in [2.24, 2.45) is 23.2 Å². The molecule has 0 unspecified atom stereocenters. The minimum atomic E-state index is -0.363. The van der Waals surface area contributed by atoms with Gasteiger partial charge in [0, 0.05) is 18.0 Å². The third kappa shape index (κ3) is 3.09. The van der Waals surface area contributed by atoms with Gasteiger partial charge >= 0.3 is 0 Å². The first-order valence-corrected chi connectivity index (χ1v) is 8.35. The summed E-state index contributed by atoms with van der Waals surface area (Å²) in [4.78, 5) is 15.6. The summed E-state index contributed by atoms with van der Waals surface area (Å²) in [7, 11) is 0. The lowest BCUT2D eigenvalue weighted by molar-refractivity contribution is -0.155. The average molecular weight is 291 g/mol. The Hall–Kier alpha value is -1.05. The molecule has 1 amide bonds. The van der Waals surface area contributed by atoms with E-state index in [0.29, 0.717) is 17.7 Å². The number of carbonyl (C=O) groups is 1. The summed E-state index contributed by atoms with van der Waals surface area (Å²) in [5.41, 5.74) is -0.363. The minimum absolute atomic E-state index is 0.199. The van der Waals surface area contributed by atoms with Gasteiger partial charge in [-0.15, -0.1) is 0 Å². The van der Waals surface area contributed by atoms with Crippen molar-refractivity contribution in [3.05, 3.63) is 24.3 Å². The predicted molar refractivity (Wildman–Crippen MR) is 91.0 cm³/mol. The Balaban J connectivity index is 3.38. The summed E-state index contributed by atoms with van der Waals surface area (Å²) in [6.07, 6.45) is 8.53. The van der Waals surface area contributed by atoms with Gasteiger partial charge in [0.05, 0.1) is 5.41 Å². The Kier molecular flexibility index (Phi) is 5.83. The monoisotopic (exact) mass is 291 g/mol. The quantitative estimate of drug-likeness (QED) is 0.696. The van der Waals surface area contributed by atoms with E-state index in [1.807, 2.05) is 0 Å². The maximum atomic E-state index is 13.6. The largest absolute Gasteiger partial charge is 0.337 e. The number of amides is 1. The summed E-state index contributed by atoms with van der Waals surface area (Å²) >= 11 is 0. The highest BCUT2D eigenvalue weighted by atomic mass is 16.2. The van der Waals surface area contributed by atoms with Gasteiger partial charge in [0.2, 0.25) is 5.91 Å². The molecular weight excluding hydrogens is 258 g/mol. The highest BCUT2D eigenvalue weighted by molar-refractivity contribution is 5.85. The van der Waals surface area contributed by atoms with Gasteiger partial charge in [-0.25, -0.2) is 0 Å². The lowest BCUT2D eigenvalue weighted by atomic mass is 9.60. The Morgan fingerprint density at radius 3 is 1.52 bits per heavy atom. The Labute approximate surface area is 131 Å². The highest BCUT2D eigenvalue weighted by Crippen LogP contribution is 2.47. The van der Waals surface area contributed by atoms with Gasteiger partial charge in [-0.1, -0.05) is 52.0 Å². The molecule has 0 fully saturated rings. The molecule has 0 bridgehead atoms. The van der Waals surface area contributed by atoms with Crippen LogP contribution < -0.4 is 0 Å². The molecule has 0 heterocycles. The summed E-state index contributed by atoms with van der Waals surface area (Å²) in [6.45, 7) is 17.2. The molecule has 0 aromatic heterocycles. The SMILES string of the molecule is CC(C)N(C(=O)C(C(C)C)(C(C)C)C1C=CC=C1)C(C)C. The van der Waals surface area contributed by atoms with Crippen molar-refractivity contribution >= 4 is 5.91 Å². The molecule has 120 valence electrons. The van der Waals surface area contributed by atoms with Crippen molar-refractivity contribution < 1.29 is 4.79 Å². The molecule has 0 saturated carbocycles. The molecule has 1 rings (SSSR count). The zero-order valence-corrected chi connectivity index (χ0v) is 15.1. The first-order valence-electron chi connectivity index (χ1n) is 8.35. The van der Waals surface area contributed by atoms with E-state index in [9.17, 15) is 4.79 Å². The van der Waals surface area contributed by atoms with Gasteiger partial charge in [0.1, 0.15) is 0 Å². The van der Waals surface area contributed by atoms with Crippen molar-refractivity contribution in [2.45, 2.75) is 67.5 Å². The van der Waals surface area contributed by atoms with Crippen LogP contribution in [0.25, 0.3) is 0 Å². The number of allylic oxidation sites excluding steroid dienone is 4. The standard InChI is InChI=1S/C19H33NO/c1-13(2)19(14(3)4,17-11-9-10-12-17)18(21)20(15(5)6)16(7)8/h9-17H,1-8H3. The van der Waals surface area contributed by atoms with E-state index in [2.05, 4.69) is 84.6 Å². The third-order valence-electron chi connectivity index (χ3n) is 4.93. The molecule has 0 atom stereocenters. The Bertz CT molecular complexity index is 387. The molecule has 2 heteroatoms. The van der Waals surface area contributed by atoms with Crippen LogP contribution in [-0.2, 0) is 4.79 Å². The molecule has 0 aliphatic heterocycles. The van der Waals surface area contributed by atoms with Crippen molar-refractivity contribution in [2.75, 3.05) is 0 Å². The molecule has 0 aromatic rings. The summed E-state index contributed by atoms with van der Waals surface area (Å²) in [6, 6.07) is 0.451. The van der Waals surface area contributed by atoms with E-state index < -0.39 is 0 Å². The fourth-order valence-corrected chi connectivity index (χ4v) is 4.11. The van der Waals surface area contributed by atoms with Crippen molar-refractivity contribution in [3.8, 4) is 0 Å². The number of hydrogen-bond donors (Lipinski definition) is 0. The van der Waals surface area contributed by atoms with Crippen LogP contribution in [0.4, 0.5) is 0 Å². The predicted octanol–water partition coefficient (Wildman–Crippen LogP) is 4.67. The summed E-state index contributed by atoms with van der Waals surface area (Å²) in [5, 5.41) is 0. The molecule has 0 radical (unpaired) electrons. The van der Waals surface area contributed by atoms with Gasteiger partial charge in [-0.05, 0) is 39.5 Å². The lowest BCUT2D eigenvalue weighted by Gasteiger charge is -2.48. The summed E-state index contributed by atoms with van der Waals surface area (Å²) in [5.74, 6) is 1.09. The number of nitrogens with zero attached hydrogens (tertiary/aromatic N) is 1. The van der Waals surface area contributed by atoms with Crippen LogP contribution in [0.3, 0.4) is 0 Å². The fraction of sp³-hybridized carbons (Fsp3) is 0.737. The zero-order valence-electron chi connectivity index (χ0n) is 15.1. The maximum absolute atomic E-state index is 13.6. The second kappa shape index (κ2) is 6.81. The van der Waals surface area contributed by atoms with Crippen LogP contribution in [0, 0.1) is 23.2 Å². The molecule has 21 heavy (non-hydrogen) atoms. The fourth-order valence-electron chi connectivity index (χ4n) is 4.11. The van der Waals surface area contributed by atoms with E-state index in [1.165, 1.54) is 0 Å². The number of carbonyl (C=O) groups excluding carboxylic acids is 1. The molecule has 0 N–H and O–H groups in total. The van der Waals surface area contributed by atoms with Crippen molar-refractivity contribution in [3.63, 3.8) is 0 Å². The molecule has 0 aromatic carbocycles. The highest BCUT2D eigenvalue weighted by Gasteiger charge is 2.51. The Morgan fingerprint density at radius 2 is 1.24 bits per heavy atom. The molecule has 0 spiro atoms. The zero-order chi connectivity index (χ0) is 16.4. The summed E-state index contributed by atoms with van der Waals surface area (Å²) < 4.78 is 0. The third-order valence-corrected chi connectivity index (χ3v) is 4.93. The van der Waals surface area contributed by atoms with Crippen LogP contribution in [0.1, 0.15) is 55.4 Å². The van der Waals surface area contributed by atoms with E-state index in [4.69, 9.17) is 0 Å². The van der Waals surface area contributed by atoms with E-state index in [1.54, 1.807) is 0 Å². The number of hydrogen-bond acceptors (Lipinski definition) is 1. The second-order valence-electron chi connectivity index (χ2n) is 7.44. The van der Waals surface area contributed by atoms with Gasteiger partial charge < -0.3 is 4.90 Å². The minimum Gasteiger partial charge on any atom is -0.337 e. The van der Waals surface area contributed by atoms with Crippen LogP contribution >= 0.6 is 0 Å². The average Bonchev–Trinajstić information content (AvgIpc) is 2.81. The molecule has 1 aliphatic carbocycles. The first kappa shape index (κ1) is 18.0. The molecule has 0 saturated heterocycles. The van der Waals surface area contributed by atoms with Crippen LogP contribution in [0.2, 0.25) is 0 Å². The second-order valence-corrected chi connectivity index (χ2v) is 7.44. The normalized spacial score (nSPS) is 16.0. The topological polar surface area (TPSA) is 20.3 Å². The number of rotatable bonds is 6. The van der Waals surface area contributed by atoms with Crippen LogP contribution in [0.5, 0.6) is 0 Å². The van der Waals surface area contributed by atoms with Gasteiger partial charge in [0.15, 0.2) is 0 Å². The van der Waals surface area contributed by atoms with Crippen LogP contribution in [0.15, 0.2) is 24.3 Å². The molecular formula is C19H33NO. The smallest absolute Gasteiger partial charge is 0.230 e. The van der Waals surface area contributed by atoms with Gasteiger partial charge in [0.25, 0.3) is 0 Å². The van der Waals surface area contributed by atoms with E-state index in [0.717, 1.165) is 0 Å². The maximum Gasteiger partial charge on any atom is 0.230 e.